The van der Waals surface area contributed by atoms with Gasteiger partial charge in [0.1, 0.15) is 18.2 Å². The van der Waals surface area contributed by atoms with E-state index < -0.39 is 17.9 Å². The molecule has 13 heteroatoms. The topological polar surface area (TPSA) is 137 Å². The van der Waals surface area contributed by atoms with E-state index in [4.69, 9.17) is 10.5 Å². The maximum atomic E-state index is 12.6. The molecule has 2 heterocycles. The fourth-order valence-electron chi connectivity index (χ4n) is 2.15. The minimum atomic E-state index is -4.68. The summed E-state index contributed by atoms with van der Waals surface area (Å²) in [5.74, 6) is -1.82. The summed E-state index contributed by atoms with van der Waals surface area (Å²) in [5.41, 5.74) is 5.81. The van der Waals surface area contributed by atoms with Crippen molar-refractivity contribution < 1.29 is 22.7 Å². The van der Waals surface area contributed by atoms with Gasteiger partial charge in [0.05, 0.1) is 0 Å². The second kappa shape index (κ2) is 7.64. The largest absolute Gasteiger partial charge is 0.492 e. The van der Waals surface area contributed by atoms with Crippen LogP contribution in [0.4, 0.5) is 18.9 Å². The van der Waals surface area contributed by atoms with E-state index in [1.807, 2.05) is 0 Å². The van der Waals surface area contributed by atoms with Gasteiger partial charge < -0.3 is 15.8 Å². The highest BCUT2D eigenvalue weighted by molar-refractivity contribution is 6.01. The third kappa shape index (κ3) is 4.25. The number of carbonyl (C=O) groups is 1. The first-order valence-electron chi connectivity index (χ1n) is 7.96. The van der Waals surface area contributed by atoms with Crippen molar-refractivity contribution in [3.63, 3.8) is 0 Å². The van der Waals surface area contributed by atoms with Gasteiger partial charge in [-0.2, -0.15) is 22.8 Å². The number of hydrogen-bond acceptors (Lipinski definition) is 7. The molecule has 3 rings (SSSR count). The molecule has 4 N–H and O–H groups in total. The molecule has 0 aliphatic heterocycles. The van der Waals surface area contributed by atoms with Crippen LogP contribution in [0, 0.1) is 6.92 Å². The van der Waals surface area contributed by atoms with Gasteiger partial charge in [-0.1, -0.05) is 0 Å². The number of halogens is 3. The maximum Gasteiger partial charge on any atom is 0.451 e. The van der Waals surface area contributed by atoms with Gasteiger partial charge in [-0.15, -0.1) is 10.2 Å². The van der Waals surface area contributed by atoms with Crippen molar-refractivity contribution in [2.24, 2.45) is 5.73 Å². The summed E-state index contributed by atoms with van der Waals surface area (Å²) in [4.78, 5) is 19.6. The highest BCUT2D eigenvalue weighted by Gasteiger charge is 2.35. The molecule has 0 aliphatic rings. The van der Waals surface area contributed by atoms with Gasteiger partial charge >= 0.3 is 6.18 Å². The number of carbonyl (C=O) groups excluding carboxylic acids is 1. The number of aryl methyl sites for hydroxylation is 1. The third-order valence-corrected chi connectivity index (χ3v) is 3.40. The Labute approximate surface area is 155 Å². The van der Waals surface area contributed by atoms with Crippen molar-refractivity contribution in [1.29, 1.82) is 0 Å². The molecule has 0 radical (unpaired) electrons. The summed E-state index contributed by atoms with van der Waals surface area (Å²) in [5, 5.41) is 11.7. The molecule has 1 amide bonds. The number of anilines is 1. The molecule has 3 aromatic rings. The van der Waals surface area contributed by atoms with E-state index >= 15 is 0 Å². The molecule has 0 bridgehead atoms. The summed E-state index contributed by atoms with van der Waals surface area (Å²) in [6.07, 6.45) is -4.68. The second-order valence-electron chi connectivity index (χ2n) is 5.49. The zero-order valence-corrected chi connectivity index (χ0v) is 14.5. The van der Waals surface area contributed by atoms with Crippen LogP contribution >= 0.6 is 0 Å². The first-order valence-corrected chi connectivity index (χ1v) is 7.96. The van der Waals surface area contributed by atoms with E-state index in [-0.39, 0.29) is 17.6 Å². The van der Waals surface area contributed by atoms with E-state index in [1.165, 1.54) is 6.92 Å². The fourth-order valence-corrected chi connectivity index (χ4v) is 2.15. The molecular formula is C15H15F3N8O2. The van der Waals surface area contributed by atoms with Crippen molar-refractivity contribution in [2.45, 2.75) is 13.1 Å². The van der Waals surface area contributed by atoms with E-state index in [0.29, 0.717) is 24.6 Å². The SMILES string of the molecule is Cc1nc(C(=O)Nc2ccc(OCCN)cc2)nn1-c1n[nH]c(C(F)(F)F)n1. The average Bonchev–Trinajstić information content (AvgIpc) is 3.27. The van der Waals surface area contributed by atoms with Crippen LogP contribution in [0.2, 0.25) is 0 Å². The second-order valence-corrected chi connectivity index (χ2v) is 5.49. The van der Waals surface area contributed by atoms with Gasteiger partial charge in [0.2, 0.25) is 11.6 Å². The number of ether oxygens (including phenoxy) is 1. The zero-order chi connectivity index (χ0) is 20.3. The molecule has 28 heavy (non-hydrogen) atoms. The van der Waals surface area contributed by atoms with Crippen molar-refractivity contribution >= 4 is 11.6 Å². The van der Waals surface area contributed by atoms with Crippen LogP contribution in [-0.4, -0.2) is 49.0 Å². The Morgan fingerprint density at radius 1 is 1.29 bits per heavy atom. The van der Waals surface area contributed by atoms with E-state index in [2.05, 4.69) is 25.5 Å². The lowest BCUT2D eigenvalue weighted by Gasteiger charge is -2.06. The number of rotatable bonds is 6. The van der Waals surface area contributed by atoms with Gasteiger partial charge in [0.25, 0.3) is 11.9 Å². The lowest BCUT2D eigenvalue weighted by Crippen LogP contribution is -2.14. The van der Waals surface area contributed by atoms with Crippen LogP contribution < -0.4 is 15.8 Å². The van der Waals surface area contributed by atoms with Gasteiger partial charge in [-0.3, -0.25) is 9.89 Å². The molecule has 0 unspecified atom stereocenters. The Morgan fingerprint density at radius 2 is 2.00 bits per heavy atom. The van der Waals surface area contributed by atoms with Gasteiger partial charge in [-0.05, 0) is 31.2 Å². The predicted octanol–water partition coefficient (Wildman–Crippen LogP) is 1.30. The Bertz CT molecular complexity index is 965. The summed E-state index contributed by atoms with van der Waals surface area (Å²) in [7, 11) is 0. The number of H-pyrrole nitrogens is 1. The number of nitrogens with two attached hydrogens (primary N) is 1. The van der Waals surface area contributed by atoms with Crippen LogP contribution in [0.25, 0.3) is 5.95 Å². The van der Waals surface area contributed by atoms with E-state index in [0.717, 1.165) is 4.68 Å². The highest BCUT2D eigenvalue weighted by Crippen LogP contribution is 2.26. The van der Waals surface area contributed by atoms with Gasteiger partial charge in [0, 0.05) is 12.2 Å². The van der Waals surface area contributed by atoms with Gasteiger partial charge in [0.15, 0.2) is 0 Å². The Balaban J connectivity index is 1.73. The van der Waals surface area contributed by atoms with Crippen molar-refractivity contribution in [1.82, 2.24) is 29.9 Å². The first kappa shape index (κ1) is 19.3. The monoisotopic (exact) mass is 396 g/mol. The Kier molecular flexibility index (Phi) is 5.26. The van der Waals surface area contributed by atoms with Crippen LogP contribution in [0.15, 0.2) is 24.3 Å². The number of aromatic amines is 1. The summed E-state index contributed by atoms with van der Waals surface area (Å²) >= 11 is 0. The normalized spacial score (nSPS) is 11.5. The lowest BCUT2D eigenvalue weighted by molar-refractivity contribution is -0.144. The molecule has 10 nitrogen and oxygen atoms in total. The van der Waals surface area contributed by atoms with Crippen molar-refractivity contribution in [2.75, 3.05) is 18.5 Å². The standard InChI is InChI=1S/C15H15F3N8O2/c1-8-20-11(25-26(8)14-22-13(23-24-14)15(16,17)18)12(27)21-9-2-4-10(5-3-9)28-7-6-19/h2-5H,6-7,19H2,1H3,(H,21,27)(H,22,23,24). The number of nitrogens with one attached hydrogen (secondary N) is 2. The molecule has 0 spiro atoms. The van der Waals surface area contributed by atoms with E-state index in [1.54, 1.807) is 29.4 Å². The minimum absolute atomic E-state index is 0.142. The fraction of sp³-hybridized carbons (Fsp3) is 0.267. The summed E-state index contributed by atoms with van der Waals surface area (Å²) in [6, 6.07) is 6.51. The number of amides is 1. The zero-order valence-electron chi connectivity index (χ0n) is 14.5. The minimum Gasteiger partial charge on any atom is -0.492 e. The smallest absolute Gasteiger partial charge is 0.451 e. The summed E-state index contributed by atoms with van der Waals surface area (Å²) in [6.45, 7) is 2.20. The van der Waals surface area contributed by atoms with E-state index in [9.17, 15) is 18.0 Å². The lowest BCUT2D eigenvalue weighted by atomic mass is 10.3. The average molecular weight is 396 g/mol. The number of hydrogen-bond donors (Lipinski definition) is 3. The quantitative estimate of drug-likeness (QED) is 0.571. The number of nitrogens with zero attached hydrogens (tertiary/aromatic N) is 5. The molecule has 2 aromatic heterocycles. The third-order valence-electron chi connectivity index (χ3n) is 3.40. The summed E-state index contributed by atoms with van der Waals surface area (Å²) < 4.78 is 44.2. The van der Waals surface area contributed by atoms with Crippen molar-refractivity contribution in [3.8, 4) is 11.7 Å². The van der Waals surface area contributed by atoms with Gasteiger partial charge in [-0.25, -0.2) is 4.98 Å². The van der Waals surface area contributed by atoms with Crippen LogP contribution in [0.5, 0.6) is 5.75 Å². The predicted molar refractivity (Wildman–Crippen MR) is 90.0 cm³/mol. The molecule has 0 saturated carbocycles. The van der Waals surface area contributed by atoms with Crippen LogP contribution in [0.1, 0.15) is 22.3 Å². The molecule has 0 fully saturated rings. The molecule has 0 atom stereocenters. The molecule has 0 saturated heterocycles. The molecule has 148 valence electrons. The Morgan fingerprint density at radius 3 is 2.61 bits per heavy atom. The van der Waals surface area contributed by atoms with Crippen LogP contribution in [-0.2, 0) is 6.18 Å². The highest BCUT2D eigenvalue weighted by atomic mass is 19.4. The van der Waals surface area contributed by atoms with Crippen LogP contribution in [0.3, 0.4) is 0 Å². The number of benzene rings is 1. The Hall–Kier alpha value is -3.48. The maximum absolute atomic E-state index is 12.6. The molecule has 1 aromatic carbocycles. The first-order chi connectivity index (χ1) is 13.3. The molecular weight excluding hydrogens is 381 g/mol. The molecule has 0 aliphatic carbocycles. The number of alkyl halides is 3. The number of aromatic nitrogens is 6. The van der Waals surface area contributed by atoms with Crippen molar-refractivity contribution in [3.05, 3.63) is 41.7 Å².